The minimum atomic E-state index is -0.188. The molecule has 2 aromatic rings. The van der Waals surface area contributed by atoms with Crippen LogP contribution < -0.4 is 5.32 Å². The lowest BCUT2D eigenvalue weighted by Crippen LogP contribution is -2.36. The molecule has 1 aliphatic rings. The number of aliphatic hydroxyl groups excluding tert-OH is 1. The Labute approximate surface area is 136 Å². The lowest BCUT2D eigenvalue weighted by atomic mass is 9.75. The number of nitrogens with zero attached hydrogens (tertiary/aromatic N) is 5. The van der Waals surface area contributed by atoms with E-state index in [1.165, 1.54) is 0 Å². The van der Waals surface area contributed by atoms with Crippen LogP contribution in [0.25, 0.3) is 0 Å². The molecule has 0 bridgehead atoms. The van der Waals surface area contributed by atoms with Gasteiger partial charge in [-0.2, -0.15) is 5.10 Å². The fourth-order valence-electron chi connectivity index (χ4n) is 3.01. The van der Waals surface area contributed by atoms with E-state index in [0.717, 1.165) is 36.5 Å². The Morgan fingerprint density at radius 2 is 2.13 bits per heavy atom. The predicted molar refractivity (Wildman–Crippen MR) is 87.7 cm³/mol. The molecular weight excluding hydrogens is 292 g/mol. The highest BCUT2D eigenvalue weighted by atomic mass is 16.3. The van der Waals surface area contributed by atoms with Gasteiger partial charge in [0.2, 0.25) is 0 Å². The van der Waals surface area contributed by atoms with Gasteiger partial charge in [0, 0.05) is 31.5 Å². The quantitative estimate of drug-likeness (QED) is 0.833. The van der Waals surface area contributed by atoms with Crippen LogP contribution in [-0.4, -0.2) is 50.0 Å². The molecule has 7 heteroatoms. The number of hydrogen-bond acceptors (Lipinski definition) is 6. The zero-order chi connectivity index (χ0) is 16.4. The van der Waals surface area contributed by atoms with Gasteiger partial charge in [0.05, 0.1) is 30.2 Å². The predicted octanol–water partition coefficient (Wildman–Crippen LogP) is 1.20. The first-order valence-corrected chi connectivity index (χ1v) is 7.90. The van der Waals surface area contributed by atoms with Gasteiger partial charge in [0.25, 0.3) is 0 Å². The van der Waals surface area contributed by atoms with E-state index in [2.05, 4.69) is 25.3 Å². The van der Waals surface area contributed by atoms with Crippen molar-refractivity contribution in [2.45, 2.75) is 31.5 Å². The van der Waals surface area contributed by atoms with Crippen LogP contribution in [0.3, 0.4) is 0 Å². The van der Waals surface area contributed by atoms with Crippen LogP contribution in [0.2, 0.25) is 0 Å². The fraction of sp³-hybridized carbons (Fsp3) is 0.562. The molecular formula is C16H24N6O. The van der Waals surface area contributed by atoms with Gasteiger partial charge in [0.1, 0.15) is 5.82 Å². The van der Waals surface area contributed by atoms with Gasteiger partial charge in [-0.3, -0.25) is 9.67 Å². The standard InChI is InChI=1S/C16H24N6O/c1-21(2)10-13-7-17-8-15(19-13)20-16(11-4-14(23)5-11)12-6-18-22(3)9-12/h6-9,11,14,16,23H,4-5,10H2,1-3H3,(H,19,20)/t11?,14?,16-/m0/s1. The molecule has 0 unspecified atom stereocenters. The van der Waals surface area contributed by atoms with Gasteiger partial charge in [-0.05, 0) is 32.9 Å². The Morgan fingerprint density at radius 3 is 2.74 bits per heavy atom. The zero-order valence-corrected chi connectivity index (χ0v) is 13.8. The van der Waals surface area contributed by atoms with Crippen LogP contribution in [0, 0.1) is 5.92 Å². The highest BCUT2D eigenvalue weighted by Crippen LogP contribution is 2.39. The van der Waals surface area contributed by atoms with Gasteiger partial charge in [-0.25, -0.2) is 4.98 Å². The molecule has 0 amide bonds. The Hall–Kier alpha value is -1.99. The second kappa shape index (κ2) is 6.64. The van der Waals surface area contributed by atoms with Crippen molar-refractivity contribution in [2.75, 3.05) is 19.4 Å². The molecule has 0 spiro atoms. The molecule has 1 saturated carbocycles. The smallest absolute Gasteiger partial charge is 0.145 e. The summed E-state index contributed by atoms with van der Waals surface area (Å²) in [6, 6.07) is 0.0935. The third kappa shape index (κ3) is 3.86. The zero-order valence-electron chi connectivity index (χ0n) is 13.8. The SMILES string of the molecule is CN(C)Cc1cncc(N[C@H](c2cnn(C)c2)C2CC(O)C2)n1. The van der Waals surface area contributed by atoms with E-state index in [1.54, 1.807) is 17.1 Å². The minimum absolute atomic E-state index is 0.0935. The molecule has 2 aromatic heterocycles. The molecule has 2 heterocycles. The van der Waals surface area contributed by atoms with E-state index >= 15 is 0 Å². The van der Waals surface area contributed by atoms with Gasteiger partial charge < -0.3 is 15.3 Å². The van der Waals surface area contributed by atoms with Crippen LogP contribution in [0.1, 0.15) is 30.1 Å². The van der Waals surface area contributed by atoms with Crippen molar-refractivity contribution in [1.82, 2.24) is 24.6 Å². The molecule has 2 N–H and O–H groups in total. The van der Waals surface area contributed by atoms with Crippen molar-refractivity contribution in [3.8, 4) is 0 Å². The third-order valence-corrected chi connectivity index (χ3v) is 4.17. The second-order valence-electron chi connectivity index (χ2n) is 6.59. The van der Waals surface area contributed by atoms with Crippen LogP contribution in [0.5, 0.6) is 0 Å². The summed E-state index contributed by atoms with van der Waals surface area (Å²) >= 11 is 0. The van der Waals surface area contributed by atoms with Crippen LogP contribution in [-0.2, 0) is 13.6 Å². The van der Waals surface area contributed by atoms with Crippen LogP contribution >= 0.6 is 0 Å². The molecule has 7 nitrogen and oxygen atoms in total. The molecule has 124 valence electrons. The number of hydrogen-bond donors (Lipinski definition) is 2. The Balaban J connectivity index is 1.78. The van der Waals surface area contributed by atoms with Crippen LogP contribution in [0.4, 0.5) is 5.82 Å². The van der Waals surface area contributed by atoms with Crippen molar-refractivity contribution >= 4 is 5.82 Å². The summed E-state index contributed by atoms with van der Waals surface area (Å²) in [5.41, 5.74) is 2.04. The van der Waals surface area contributed by atoms with E-state index in [-0.39, 0.29) is 12.1 Å². The van der Waals surface area contributed by atoms with Gasteiger partial charge in [0.15, 0.2) is 0 Å². The first-order chi connectivity index (χ1) is 11.0. The van der Waals surface area contributed by atoms with Gasteiger partial charge in [-0.15, -0.1) is 0 Å². The third-order valence-electron chi connectivity index (χ3n) is 4.17. The maximum absolute atomic E-state index is 9.65. The lowest BCUT2D eigenvalue weighted by Gasteiger charge is -2.37. The summed E-state index contributed by atoms with van der Waals surface area (Å²) < 4.78 is 1.80. The number of rotatable bonds is 6. The Bertz CT molecular complexity index is 650. The number of aliphatic hydroxyl groups is 1. The van der Waals surface area contributed by atoms with E-state index in [4.69, 9.17) is 0 Å². The van der Waals surface area contributed by atoms with E-state index in [9.17, 15) is 5.11 Å². The number of aryl methyl sites for hydroxylation is 1. The molecule has 23 heavy (non-hydrogen) atoms. The normalized spacial score (nSPS) is 22.0. The second-order valence-corrected chi connectivity index (χ2v) is 6.59. The largest absolute Gasteiger partial charge is 0.393 e. The summed E-state index contributed by atoms with van der Waals surface area (Å²) in [7, 11) is 5.93. The maximum Gasteiger partial charge on any atom is 0.145 e. The van der Waals surface area contributed by atoms with Crippen molar-refractivity contribution in [2.24, 2.45) is 13.0 Å². The first-order valence-electron chi connectivity index (χ1n) is 7.90. The molecule has 0 radical (unpaired) electrons. The molecule has 0 saturated heterocycles. The van der Waals surface area contributed by atoms with Gasteiger partial charge >= 0.3 is 0 Å². The van der Waals surface area contributed by atoms with Crippen molar-refractivity contribution in [3.05, 3.63) is 36.0 Å². The highest BCUT2D eigenvalue weighted by molar-refractivity contribution is 5.37. The highest BCUT2D eigenvalue weighted by Gasteiger charge is 2.35. The fourth-order valence-corrected chi connectivity index (χ4v) is 3.01. The monoisotopic (exact) mass is 316 g/mol. The van der Waals surface area contributed by atoms with Crippen molar-refractivity contribution in [1.29, 1.82) is 0 Å². The topological polar surface area (TPSA) is 79.1 Å². The lowest BCUT2D eigenvalue weighted by molar-refractivity contribution is 0.0339. The molecule has 1 aliphatic carbocycles. The average molecular weight is 316 g/mol. The van der Waals surface area contributed by atoms with E-state index < -0.39 is 0 Å². The Morgan fingerprint density at radius 1 is 1.35 bits per heavy atom. The summed E-state index contributed by atoms with van der Waals surface area (Å²) in [5.74, 6) is 1.15. The van der Waals surface area contributed by atoms with Crippen molar-refractivity contribution in [3.63, 3.8) is 0 Å². The number of anilines is 1. The Kier molecular flexibility index (Phi) is 4.58. The molecule has 1 atom stereocenters. The molecule has 3 rings (SSSR count). The first kappa shape index (κ1) is 15.9. The maximum atomic E-state index is 9.65. The minimum Gasteiger partial charge on any atom is -0.393 e. The summed E-state index contributed by atoms with van der Waals surface area (Å²) in [6.45, 7) is 0.752. The summed E-state index contributed by atoms with van der Waals surface area (Å²) in [6.07, 6.45) is 8.84. The number of nitrogens with one attached hydrogen (secondary N) is 1. The van der Waals surface area contributed by atoms with Crippen molar-refractivity contribution < 1.29 is 5.11 Å². The van der Waals surface area contributed by atoms with E-state index in [0.29, 0.717) is 5.92 Å². The molecule has 1 fully saturated rings. The number of aromatic nitrogens is 4. The molecule has 0 aliphatic heterocycles. The summed E-state index contributed by atoms with van der Waals surface area (Å²) in [5, 5.41) is 17.4. The van der Waals surface area contributed by atoms with Crippen LogP contribution in [0.15, 0.2) is 24.8 Å². The summed E-state index contributed by atoms with van der Waals surface area (Å²) in [4.78, 5) is 11.0. The van der Waals surface area contributed by atoms with E-state index in [1.807, 2.05) is 33.5 Å². The molecule has 0 aromatic carbocycles. The average Bonchev–Trinajstić information content (AvgIpc) is 2.88. The van der Waals surface area contributed by atoms with Gasteiger partial charge in [-0.1, -0.05) is 0 Å².